The van der Waals surface area contributed by atoms with Crippen molar-refractivity contribution in [1.82, 2.24) is 14.5 Å². The number of ether oxygens (including phenoxy) is 2. The molecule has 5 nitrogen and oxygen atoms in total. The Morgan fingerprint density at radius 3 is 3.04 bits per heavy atom. The molecule has 0 aliphatic carbocycles. The summed E-state index contributed by atoms with van der Waals surface area (Å²) in [7, 11) is 1.71. The number of imidazole rings is 1. The van der Waals surface area contributed by atoms with Gasteiger partial charge < -0.3 is 14.0 Å². The number of methoxy groups -OCH3 is 1. The van der Waals surface area contributed by atoms with E-state index in [9.17, 15) is 0 Å². The van der Waals surface area contributed by atoms with Crippen LogP contribution in [-0.4, -0.2) is 41.0 Å². The summed E-state index contributed by atoms with van der Waals surface area (Å²) in [6, 6.07) is 9.85. The van der Waals surface area contributed by atoms with Crippen LogP contribution < -0.4 is 0 Å². The third kappa shape index (κ3) is 2.51. The van der Waals surface area contributed by atoms with Crippen LogP contribution in [0.4, 0.5) is 0 Å². The lowest BCUT2D eigenvalue weighted by molar-refractivity contribution is 0.0688. The van der Waals surface area contributed by atoms with Crippen molar-refractivity contribution >= 4 is 22.5 Å². The maximum absolute atomic E-state index is 6.27. The molecule has 1 aliphatic heterocycles. The van der Waals surface area contributed by atoms with Crippen LogP contribution in [0.5, 0.6) is 0 Å². The minimum absolute atomic E-state index is 0.0204. The van der Waals surface area contributed by atoms with Crippen LogP contribution in [0.25, 0.3) is 22.4 Å². The number of fused-ring (bicyclic) bond motifs is 1. The Morgan fingerprint density at radius 2 is 2.17 bits per heavy atom. The van der Waals surface area contributed by atoms with E-state index in [1.165, 1.54) is 0 Å². The van der Waals surface area contributed by atoms with Crippen LogP contribution in [0.1, 0.15) is 6.04 Å². The van der Waals surface area contributed by atoms with E-state index in [4.69, 9.17) is 26.1 Å². The van der Waals surface area contributed by atoms with Gasteiger partial charge in [-0.3, -0.25) is 0 Å². The first-order chi connectivity index (χ1) is 11.3. The van der Waals surface area contributed by atoms with E-state index in [0.29, 0.717) is 18.2 Å². The summed E-state index contributed by atoms with van der Waals surface area (Å²) in [5.41, 5.74) is 1.57. The Hall–Kier alpha value is -1.95. The monoisotopic (exact) mass is 329 g/mol. The van der Waals surface area contributed by atoms with E-state index >= 15 is 0 Å². The zero-order chi connectivity index (χ0) is 15.8. The number of para-hydroxylation sites is 1. The van der Waals surface area contributed by atoms with Crippen LogP contribution in [0.2, 0.25) is 5.02 Å². The van der Waals surface area contributed by atoms with E-state index in [1.54, 1.807) is 13.3 Å². The van der Waals surface area contributed by atoms with Crippen LogP contribution in [0, 0.1) is 0 Å². The summed E-state index contributed by atoms with van der Waals surface area (Å²) < 4.78 is 13.1. The lowest BCUT2D eigenvalue weighted by Gasteiger charge is -2.19. The molecule has 1 aliphatic rings. The van der Waals surface area contributed by atoms with E-state index in [0.717, 1.165) is 22.4 Å². The predicted molar refractivity (Wildman–Crippen MR) is 88.6 cm³/mol. The molecule has 2 atom stereocenters. The van der Waals surface area contributed by atoms with Crippen LogP contribution in [-0.2, 0) is 9.47 Å². The molecule has 23 heavy (non-hydrogen) atoms. The summed E-state index contributed by atoms with van der Waals surface area (Å²) in [4.78, 5) is 9.19. The molecule has 1 fully saturated rings. The summed E-state index contributed by atoms with van der Waals surface area (Å²) in [6.45, 7) is 1.20. The molecule has 0 bridgehead atoms. The summed E-state index contributed by atoms with van der Waals surface area (Å²) in [5.74, 6) is 0.796. The van der Waals surface area contributed by atoms with Gasteiger partial charge in [0, 0.05) is 24.9 Å². The van der Waals surface area contributed by atoms with Gasteiger partial charge in [0.15, 0.2) is 5.82 Å². The zero-order valence-corrected chi connectivity index (χ0v) is 13.4. The number of aromatic nitrogens is 3. The van der Waals surface area contributed by atoms with Gasteiger partial charge in [-0.2, -0.15) is 0 Å². The Morgan fingerprint density at radius 1 is 1.26 bits per heavy atom. The molecule has 2 aromatic heterocycles. The second-order valence-corrected chi connectivity index (χ2v) is 5.95. The first kappa shape index (κ1) is 14.6. The molecule has 0 spiro atoms. The Bertz CT molecular complexity index is 849. The fourth-order valence-corrected chi connectivity index (χ4v) is 3.25. The number of nitrogens with zero attached hydrogens (tertiary/aromatic N) is 3. The van der Waals surface area contributed by atoms with Gasteiger partial charge in [0.25, 0.3) is 0 Å². The Labute approximate surface area is 138 Å². The number of rotatable bonds is 3. The van der Waals surface area contributed by atoms with Crippen molar-refractivity contribution in [2.75, 3.05) is 20.3 Å². The molecule has 0 radical (unpaired) electrons. The lowest BCUT2D eigenvalue weighted by Crippen LogP contribution is -2.24. The van der Waals surface area contributed by atoms with E-state index < -0.39 is 0 Å². The fourth-order valence-electron chi connectivity index (χ4n) is 3.02. The molecule has 0 amide bonds. The normalized spacial score (nSPS) is 21.1. The highest BCUT2D eigenvalue weighted by molar-refractivity contribution is 6.35. The summed E-state index contributed by atoms with van der Waals surface area (Å²) >= 11 is 6.27. The van der Waals surface area contributed by atoms with Crippen molar-refractivity contribution in [3.8, 4) is 11.5 Å². The smallest absolute Gasteiger partial charge is 0.159 e. The molecule has 3 aromatic rings. The van der Waals surface area contributed by atoms with Crippen LogP contribution in [0.15, 0.2) is 42.7 Å². The van der Waals surface area contributed by atoms with Gasteiger partial charge in [0.05, 0.1) is 29.8 Å². The van der Waals surface area contributed by atoms with Gasteiger partial charge in [0.1, 0.15) is 11.8 Å². The third-order valence-corrected chi connectivity index (χ3v) is 4.53. The van der Waals surface area contributed by atoms with Gasteiger partial charge >= 0.3 is 0 Å². The second-order valence-electron chi connectivity index (χ2n) is 5.55. The highest BCUT2D eigenvalue weighted by Gasteiger charge is 2.31. The van der Waals surface area contributed by atoms with Gasteiger partial charge in [0.2, 0.25) is 0 Å². The zero-order valence-electron chi connectivity index (χ0n) is 12.6. The molecular weight excluding hydrogens is 314 g/mol. The van der Waals surface area contributed by atoms with Crippen LogP contribution in [0.3, 0.4) is 0 Å². The highest BCUT2D eigenvalue weighted by atomic mass is 35.5. The maximum Gasteiger partial charge on any atom is 0.159 e. The molecule has 118 valence electrons. The highest BCUT2D eigenvalue weighted by Crippen LogP contribution is 2.29. The summed E-state index contributed by atoms with van der Waals surface area (Å²) in [6.07, 6.45) is 3.74. The van der Waals surface area contributed by atoms with E-state index in [1.807, 2.05) is 36.5 Å². The van der Waals surface area contributed by atoms with Gasteiger partial charge in [-0.25, -0.2) is 9.97 Å². The van der Waals surface area contributed by atoms with Gasteiger partial charge in [-0.05, 0) is 12.1 Å². The van der Waals surface area contributed by atoms with Crippen molar-refractivity contribution < 1.29 is 9.47 Å². The molecule has 4 rings (SSSR count). The number of hydrogen-bond acceptors (Lipinski definition) is 4. The van der Waals surface area contributed by atoms with E-state index in [2.05, 4.69) is 9.55 Å². The van der Waals surface area contributed by atoms with Gasteiger partial charge in [-0.1, -0.05) is 29.8 Å². The van der Waals surface area contributed by atoms with Crippen molar-refractivity contribution in [2.24, 2.45) is 0 Å². The van der Waals surface area contributed by atoms with Crippen molar-refractivity contribution in [2.45, 2.75) is 12.1 Å². The fraction of sp³-hybridized carbons (Fsp3) is 0.294. The minimum atomic E-state index is 0.0204. The molecule has 1 saturated heterocycles. The number of benzene rings is 1. The molecule has 1 aromatic carbocycles. The summed E-state index contributed by atoms with van der Waals surface area (Å²) in [5, 5.41) is 1.65. The molecule has 0 N–H and O–H groups in total. The molecule has 0 unspecified atom stereocenters. The SMILES string of the molecule is CO[C@@H]1COC[C@@H]1n1ccnc1-c1ccc2cccc(Cl)c2n1. The first-order valence-electron chi connectivity index (χ1n) is 7.47. The maximum atomic E-state index is 6.27. The average Bonchev–Trinajstić information content (AvgIpc) is 3.23. The predicted octanol–water partition coefficient (Wildman–Crippen LogP) is 3.34. The quantitative estimate of drug-likeness (QED) is 0.739. The number of halogens is 1. The standard InChI is InChI=1S/C17H16ClN3O2/c1-22-15-10-23-9-14(15)21-8-7-19-17(21)13-6-5-11-3-2-4-12(18)16(11)20-13/h2-8,14-15H,9-10H2,1H3/t14-,15+/m0/s1. The van der Waals surface area contributed by atoms with Crippen molar-refractivity contribution in [3.63, 3.8) is 0 Å². The Balaban J connectivity index is 1.80. The molecule has 0 saturated carbocycles. The average molecular weight is 330 g/mol. The van der Waals surface area contributed by atoms with Gasteiger partial charge in [-0.15, -0.1) is 0 Å². The minimum Gasteiger partial charge on any atom is -0.377 e. The topological polar surface area (TPSA) is 49.2 Å². The number of pyridine rings is 1. The lowest BCUT2D eigenvalue weighted by atomic mass is 10.1. The third-order valence-electron chi connectivity index (χ3n) is 4.23. The Kier molecular flexibility index (Phi) is 3.77. The van der Waals surface area contributed by atoms with Crippen molar-refractivity contribution in [3.05, 3.63) is 47.7 Å². The first-order valence-corrected chi connectivity index (χ1v) is 7.85. The van der Waals surface area contributed by atoms with Crippen LogP contribution >= 0.6 is 11.6 Å². The second kappa shape index (κ2) is 5.92. The largest absolute Gasteiger partial charge is 0.377 e. The van der Waals surface area contributed by atoms with E-state index in [-0.39, 0.29) is 12.1 Å². The van der Waals surface area contributed by atoms with Crippen molar-refractivity contribution in [1.29, 1.82) is 0 Å². The molecule has 3 heterocycles. The number of hydrogen-bond donors (Lipinski definition) is 0. The molecular formula is C17H16ClN3O2. The molecule has 6 heteroatoms.